The molecule has 1 aliphatic rings. The molecular weight excluding hydrogens is 234 g/mol. The summed E-state index contributed by atoms with van der Waals surface area (Å²) in [6.07, 6.45) is 6.60. The van der Waals surface area contributed by atoms with Crippen LogP contribution in [-0.4, -0.2) is 7.11 Å². The Hall–Kier alpha value is -1.02. The highest BCUT2D eigenvalue weighted by molar-refractivity contribution is 5.37. The topological polar surface area (TPSA) is 35.2 Å². The third kappa shape index (κ3) is 3.30. The number of rotatable bonds is 4. The SMILES string of the molecule is CCC1CCCC(C(N)c2ccc(OC)c(C)c2)C1. The van der Waals surface area contributed by atoms with Gasteiger partial charge in [-0.2, -0.15) is 0 Å². The minimum absolute atomic E-state index is 0.180. The smallest absolute Gasteiger partial charge is 0.121 e. The highest BCUT2D eigenvalue weighted by atomic mass is 16.5. The summed E-state index contributed by atoms with van der Waals surface area (Å²) in [4.78, 5) is 0. The molecule has 1 aromatic rings. The van der Waals surface area contributed by atoms with Crippen LogP contribution in [0, 0.1) is 18.8 Å². The monoisotopic (exact) mass is 261 g/mol. The van der Waals surface area contributed by atoms with Gasteiger partial charge in [0, 0.05) is 6.04 Å². The van der Waals surface area contributed by atoms with Gasteiger partial charge in [0.05, 0.1) is 7.11 Å². The second-order valence-electron chi connectivity index (χ2n) is 5.96. The van der Waals surface area contributed by atoms with Crippen molar-refractivity contribution in [3.8, 4) is 5.75 Å². The van der Waals surface area contributed by atoms with E-state index in [4.69, 9.17) is 10.5 Å². The molecule has 0 spiro atoms. The molecule has 2 heteroatoms. The summed E-state index contributed by atoms with van der Waals surface area (Å²) in [5.41, 5.74) is 8.95. The van der Waals surface area contributed by atoms with Crippen LogP contribution in [0.1, 0.15) is 56.2 Å². The summed E-state index contributed by atoms with van der Waals surface area (Å²) < 4.78 is 5.32. The van der Waals surface area contributed by atoms with Gasteiger partial charge >= 0.3 is 0 Å². The lowest BCUT2D eigenvalue weighted by atomic mass is 9.75. The molecule has 0 heterocycles. The van der Waals surface area contributed by atoms with Gasteiger partial charge in [-0.05, 0) is 48.8 Å². The Morgan fingerprint density at radius 1 is 1.37 bits per heavy atom. The average molecular weight is 261 g/mol. The average Bonchev–Trinajstić information content (AvgIpc) is 2.46. The minimum atomic E-state index is 0.180. The van der Waals surface area contributed by atoms with Gasteiger partial charge in [0.2, 0.25) is 0 Å². The molecule has 1 aromatic carbocycles. The zero-order chi connectivity index (χ0) is 13.8. The number of methoxy groups -OCH3 is 1. The number of hydrogen-bond acceptors (Lipinski definition) is 2. The second-order valence-corrected chi connectivity index (χ2v) is 5.96. The van der Waals surface area contributed by atoms with Crippen molar-refractivity contribution in [2.45, 2.75) is 52.0 Å². The van der Waals surface area contributed by atoms with Crippen molar-refractivity contribution in [2.75, 3.05) is 7.11 Å². The van der Waals surface area contributed by atoms with Crippen LogP contribution in [0.4, 0.5) is 0 Å². The van der Waals surface area contributed by atoms with Crippen molar-refractivity contribution in [2.24, 2.45) is 17.6 Å². The molecule has 0 aromatic heterocycles. The first kappa shape index (κ1) is 14.4. The van der Waals surface area contributed by atoms with Crippen LogP contribution in [0.3, 0.4) is 0 Å². The van der Waals surface area contributed by atoms with Crippen LogP contribution in [0.2, 0.25) is 0 Å². The molecule has 2 nitrogen and oxygen atoms in total. The normalized spacial score (nSPS) is 25.1. The first-order chi connectivity index (χ1) is 9.15. The molecule has 19 heavy (non-hydrogen) atoms. The van der Waals surface area contributed by atoms with E-state index < -0.39 is 0 Å². The molecule has 1 aliphatic carbocycles. The third-order valence-electron chi connectivity index (χ3n) is 4.71. The van der Waals surface area contributed by atoms with Gasteiger partial charge in [-0.1, -0.05) is 38.3 Å². The highest BCUT2D eigenvalue weighted by Crippen LogP contribution is 2.38. The van der Waals surface area contributed by atoms with E-state index in [0.29, 0.717) is 5.92 Å². The van der Waals surface area contributed by atoms with Gasteiger partial charge < -0.3 is 10.5 Å². The first-order valence-corrected chi connectivity index (χ1v) is 7.55. The molecule has 0 amide bonds. The Labute approximate surface area is 117 Å². The van der Waals surface area contributed by atoms with E-state index in [0.717, 1.165) is 11.7 Å². The largest absolute Gasteiger partial charge is 0.496 e. The third-order valence-corrected chi connectivity index (χ3v) is 4.71. The van der Waals surface area contributed by atoms with Crippen molar-refractivity contribution in [3.05, 3.63) is 29.3 Å². The number of ether oxygens (including phenoxy) is 1. The Morgan fingerprint density at radius 3 is 2.79 bits per heavy atom. The van der Waals surface area contributed by atoms with E-state index in [9.17, 15) is 0 Å². The first-order valence-electron chi connectivity index (χ1n) is 7.55. The summed E-state index contributed by atoms with van der Waals surface area (Å²) in [6, 6.07) is 6.55. The van der Waals surface area contributed by atoms with Crippen molar-refractivity contribution in [1.29, 1.82) is 0 Å². The molecule has 3 atom stereocenters. The summed E-state index contributed by atoms with van der Waals surface area (Å²) in [7, 11) is 1.72. The second kappa shape index (κ2) is 6.42. The number of aryl methyl sites for hydroxylation is 1. The molecular formula is C17H27NO. The van der Waals surface area contributed by atoms with Gasteiger partial charge in [-0.3, -0.25) is 0 Å². The quantitative estimate of drug-likeness (QED) is 0.880. The van der Waals surface area contributed by atoms with Gasteiger partial charge in [0.15, 0.2) is 0 Å². The van der Waals surface area contributed by atoms with E-state index >= 15 is 0 Å². The molecule has 0 radical (unpaired) electrons. The summed E-state index contributed by atoms with van der Waals surface area (Å²) in [5, 5.41) is 0. The fraction of sp³-hybridized carbons (Fsp3) is 0.647. The Morgan fingerprint density at radius 2 is 2.16 bits per heavy atom. The zero-order valence-corrected chi connectivity index (χ0v) is 12.5. The lowest BCUT2D eigenvalue weighted by molar-refractivity contribution is 0.230. The molecule has 0 saturated heterocycles. The molecule has 0 bridgehead atoms. The maximum Gasteiger partial charge on any atom is 0.121 e. The molecule has 1 fully saturated rings. The van der Waals surface area contributed by atoms with E-state index in [-0.39, 0.29) is 6.04 Å². The number of nitrogens with two attached hydrogens (primary N) is 1. The van der Waals surface area contributed by atoms with Crippen molar-refractivity contribution < 1.29 is 4.74 Å². The highest BCUT2D eigenvalue weighted by Gasteiger charge is 2.26. The molecule has 1 saturated carbocycles. The maximum absolute atomic E-state index is 6.51. The van der Waals surface area contributed by atoms with Crippen LogP contribution in [0.15, 0.2) is 18.2 Å². The van der Waals surface area contributed by atoms with Gasteiger partial charge in [0.25, 0.3) is 0 Å². The number of hydrogen-bond donors (Lipinski definition) is 1. The summed E-state index contributed by atoms with van der Waals surface area (Å²) >= 11 is 0. The van der Waals surface area contributed by atoms with Crippen molar-refractivity contribution in [1.82, 2.24) is 0 Å². The molecule has 3 unspecified atom stereocenters. The van der Waals surface area contributed by atoms with Crippen molar-refractivity contribution in [3.63, 3.8) is 0 Å². The fourth-order valence-corrected chi connectivity index (χ4v) is 3.41. The van der Waals surface area contributed by atoms with Crippen LogP contribution in [0.5, 0.6) is 5.75 Å². The van der Waals surface area contributed by atoms with E-state index in [2.05, 4.69) is 26.0 Å². The summed E-state index contributed by atoms with van der Waals surface area (Å²) in [6.45, 7) is 4.39. The summed E-state index contributed by atoms with van der Waals surface area (Å²) in [5.74, 6) is 2.47. The van der Waals surface area contributed by atoms with Gasteiger partial charge in [-0.15, -0.1) is 0 Å². The predicted molar refractivity (Wildman–Crippen MR) is 80.4 cm³/mol. The standard InChI is InChI=1S/C17H27NO/c1-4-13-6-5-7-14(11-13)17(18)15-8-9-16(19-3)12(2)10-15/h8-10,13-14,17H,4-7,11,18H2,1-3H3. The van der Waals surface area contributed by atoms with E-state index in [1.165, 1.54) is 43.2 Å². The van der Waals surface area contributed by atoms with Gasteiger partial charge in [-0.25, -0.2) is 0 Å². The fourth-order valence-electron chi connectivity index (χ4n) is 3.41. The number of benzene rings is 1. The predicted octanol–water partition coefficient (Wildman–Crippen LogP) is 4.22. The van der Waals surface area contributed by atoms with Crippen LogP contribution in [0.25, 0.3) is 0 Å². The minimum Gasteiger partial charge on any atom is -0.496 e. The molecule has 2 rings (SSSR count). The van der Waals surface area contributed by atoms with Crippen molar-refractivity contribution >= 4 is 0 Å². The lowest BCUT2D eigenvalue weighted by Gasteiger charge is -2.32. The zero-order valence-electron chi connectivity index (χ0n) is 12.5. The Bertz CT molecular complexity index is 416. The Kier molecular flexibility index (Phi) is 4.87. The van der Waals surface area contributed by atoms with E-state index in [1.807, 2.05) is 6.07 Å². The van der Waals surface area contributed by atoms with Crippen LogP contribution in [-0.2, 0) is 0 Å². The van der Waals surface area contributed by atoms with Crippen LogP contribution >= 0.6 is 0 Å². The van der Waals surface area contributed by atoms with Gasteiger partial charge in [0.1, 0.15) is 5.75 Å². The lowest BCUT2D eigenvalue weighted by Crippen LogP contribution is -2.26. The Balaban J connectivity index is 2.10. The molecule has 2 N–H and O–H groups in total. The maximum atomic E-state index is 6.51. The van der Waals surface area contributed by atoms with Crippen LogP contribution < -0.4 is 10.5 Å². The van der Waals surface area contributed by atoms with E-state index in [1.54, 1.807) is 7.11 Å². The molecule has 106 valence electrons. The molecule has 0 aliphatic heterocycles.